The number of hydrogen-bond donors (Lipinski definition) is 2. The van der Waals surface area contributed by atoms with E-state index in [0.29, 0.717) is 6.41 Å². The number of hydrogen-bond acceptors (Lipinski definition) is 2. The fraction of sp³-hybridized carbons (Fsp3) is 0.353. The molecule has 0 bridgehead atoms. The molecule has 0 fully saturated rings. The third kappa shape index (κ3) is 3.98. The molecule has 20 heavy (non-hydrogen) atoms. The second-order valence-corrected chi connectivity index (χ2v) is 5.01. The van der Waals surface area contributed by atoms with Crippen LogP contribution in [0.25, 0.3) is 5.70 Å². The fourth-order valence-corrected chi connectivity index (χ4v) is 2.00. The van der Waals surface area contributed by atoms with Gasteiger partial charge in [-0.15, -0.1) is 0 Å². The van der Waals surface area contributed by atoms with Crippen LogP contribution in [0.3, 0.4) is 0 Å². The zero-order valence-corrected chi connectivity index (χ0v) is 12.8. The van der Waals surface area contributed by atoms with Gasteiger partial charge in [-0.1, -0.05) is 31.1 Å². The Hall–Kier alpha value is -2.03. The number of aryl methyl sites for hydroxylation is 1. The summed E-state index contributed by atoms with van der Waals surface area (Å²) in [5.74, 6) is 0. The second-order valence-electron chi connectivity index (χ2n) is 5.01. The number of anilines is 1. The van der Waals surface area contributed by atoms with Crippen LogP contribution < -0.4 is 11.1 Å². The minimum atomic E-state index is 0.674. The first kappa shape index (κ1) is 16.0. The number of benzene rings is 1. The summed E-state index contributed by atoms with van der Waals surface area (Å²) in [7, 11) is 0. The van der Waals surface area contributed by atoms with Crippen molar-refractivity contribution in [3.8, 4) is 0 Å². The van der Waals surface area contributed by atoms with Crippen molar-refractivity contribution in [1.82, 2.24) is 0 Å². The maximum atomic E-state index is 10.5. The van der Waals surface area contributed by atoms with Gasteiger partial charge in [0.2, 0.25) is 6.41 Å². The van der Waals surface area contributed by atoms with Crippen LogP contribution in [0.2, 0.25) is 0 Å². The van der Waals surface area contributed by atoms with Crippen LogP contribution in [-0.2, 0) is 4.79 Å². The molecule has 1 rings (SSSR count). The maximum absolute atomic E-state index is 10.5. The molecule has 108 valence electrons. The van der Waals surface area contributed by atoms with Crippen molar-refractivity contribution in [3.63, 3.8) is 0 Å². The average molecular weight is 272 g/mol. The SMILES string of the molecule is CCC/C=C(C)/C(C)=C(/N)c1cc(NC=O)ccc1C. The minimum absolute atomic E-state index is 0.674. The van der Waals surface area contributed by atoms with E-state index < -0.39 is 0 Å². The summed E-state index contributed by atoms with van der Waals surface area (Å²) in [6, 6.07) is 5.75. The lowest BCUT2D eigenvalue weighted by Gasteiger charge is -2.13. The number of carbonyl (C=O) groups is 1. The second kappa shape index (κ2) is 7.53. The largest absolute Gasteiger partial charge is 0.398 e. The molecule has 0 unspecified atom stereocenters. The molecule has 0 spiro atoms. The molecular weight excluding hydrogens is 248 g/mol. The van der Waals surface area contributed by atoms with Crippen molar-refractivity contribution in [3.05, 3.63) is 46.5 Å². The standard InChI is InChI=1S/C17H24N2O/c1-5-6-7-12(2)14(4)17(18)16-10-15(19-11-20)9-8-13(16)3/h7-11H,5-6,18H2,1-4H3,(H,19,20)/b12-7+,17-14+. The van der Waals surface area contributed by atoms with E-state index in [1.807, 2.05) is 32.0 Å². The first-order chi connectivity index (χ1) is 9.51. The molecule has 0 saturated heterocycles. The van der Waals surface area contributed by atoms with Crippen LogP contribution in [0.15, 0.2) is 35.4 Å². The zero-order valence-electron chi connectivity index (χ0n) is 12.8. The Morgan fingerprint density at radius 3 is 2.65 bits per heavy atom. The molecule has 1 aromatic rings. The van der Waals surface area contributed by atoms with Crippen molar-refractivity contribution < 1.29 is 4.79 Å². The Morgan fingerprint density at radius 2 is 2.05 bits per heavy atom. The van der Waals surface area contributed by atoms with Gasteiger partial charge in [0.05, 0.1) is 0 Å². The first-order valence-electron chi connectivity index (χ1n) is 6.96. The van der Waals surface area contributed by atoms with E-state index in [-0.39, 0.29) is 0 Å². The summed E-state index contributed by atoms with van der Waals surface area (Å²) in [4.78, 5) is 10.5. The van der Waals surface area contributed by atoms with Crippen molar-refractivity contribution >= 4 is 17.8 Å². The van der Waals surface area contributed by atoms with E-state index >= 15 is 0 Å². The summed E-state index contributed by atoms with van der Waals surface area (Å²) in [5.41, 5.74) is 12.2. The van der Waals surface area contributed by atoms with Crippen LogP contribution in [0.4, 0.5) is 5.69 Å². The van der Waals surface area contributed by atoms with Crippen molar-refractivity contribution in [2.24, 2.45) is 5.73 Å². The van der Waals surface area contributed by atoms with E-state index in [2.05, 4.69) is 25.2 Å². The highest BCUT2D eigenvalue weighted by molar-refractivity contribution is 5.77. The number of unbranched alkanes of at least 4 members (excludes halogenated alkanes) is 1. The van der Waals surface area contributed by atoms with Gasteiger partial charge in [0.1, 0.15) is 0 Å². The summed E-state index contributed by atoms with van der Waals surface area (Å²) in [5, 5.41) is 2.66. The highest BCUT2D eigenvalue weighted by atomic mass is 16.1. The summed E-state index contributed by atoms with van der Waals surface area (Å²) in [6.07, 6.45) is 5.07. The summed E-state index contributed by atoms with van der Waals surface area (Å²) < 4.78 is 0. The molecule has 3 N–H and O–H groups in total. The first-order valence-corrected chi connectivity index (χ1v) is 6.96. The quantitative estimate of drug-likeness (QED) is 0.607. The molecular formula is C17H24N2O. The van der Waals surface area contributed by atoms with E-state index in [0.717, 1.165) is 40.9 Å². The van der Waals surface area contributed by atoms with Gasteiger partial charge >= 0.3 is 0 Å². The van der Waals surface area contributed by atoms with Gasteiger partial charge in [-0.25, -0.2) is 0 Å². The Balaban J connectivity index is 3.21. The van der Waals surface area contributed by atoms with E-state index in [4.69, 9.17) is 5.73 Å². The van der Waals surface area contributed by atoms with Crippen LogP contribution in [-0.4, -0.2) is 6.41 Å². The number of rotatable bonds is 6. The van der Waals surface area contributed by atoms with Crippen LogP contribution in [0, 0.1) is 6.92 Å². The molecule has 0 atom stereocenters. The van der Waals surface area contributed by atoms with Crippen molar-refractivity contribution in [2.45, 2.75) is 40.5 Å². The molecule has 1 amide bonds. The van der Waals surface area contributed by atoms with Crippen molar-refractivity contribution in [2.75, 3.05) is 5.32 Å². The third-order valence-electron chi connectivity index (χ3n) is 3.49. The molecule has 0 aliphatic rings. The number of amides is 1. The molecule has 3 nitrogen and oxygen atoms in total. The van der Waals surface area contributed by atoms with E-state index in [1.165, 1.54) is 5.57 Å². The molecule has 0 aliphatic heterocycles. The van der Waals surface area contributed by atoms with Crippen molar-refractivity contribution in [1.29, 1.82) is 0 Å². The fourth-order valence-electron chi connectivity index (χ4n) is 2.00. The van der Waals surface area contributed by atoms with Gasteiger partial charge in [0, 0.05) is 16.9 Å². The Morgan fingerprint density at radius 1 is 1.35 bits per heavy atom. The minimum Gasteiger partial charge on any atom is -0.398 e. The van der Waals surface area contributed by atoms with Crippen LogP contribution >= 0.6 is 0 Å². The number of nitrogens with two attached hydrogens (primary N) is 1. The van der Waals surface area contributed by atoms with E-state index in [9.17, 15) is 4.79 Å². The smallest absolute Gasteiger partial charge is 0.211 e. The maximum Gasteiger partial charge on any atom is 0.211 e. The van der Waals surface area contributed by atoms with Crippen LogP contribution in [0.5, 0.6) is 0 Å². The van der Waals surface area contributed by atoms with Gasteiger partial charge in [0.15, 0.2) is 0 Å². The average Bonchev–Trinajstić information content (AvgIpc) is 2.45. The Kier molecular flexibility index (Phi) is 6.04. The lowest BCUT2D eigenvalue weighted by molar-refractivity contribution is -0.105. The normalized spacial score (nSPS) is 12.9. The van der Waals surface area contributed by atoms with Gasteiger partial charge in [-0.2, -0.15) is 0 Å². The summed E-state index contributed by atoms with van der Waals surface area (Å²) >= 11 is 0. The highest BCUT2D eigenvalue weighted by Gasteiger charge is 2.07. The van der Waals surface area contributed by atoms with Gasteiger partial charge in [0.25, 0.3) is 0 Å². The Labute approximate surface area is 121 Å². The molecule has 0 saturated carbocycles. The Bertz CT molecular complexity index is 542. The molecule has 0 heterocycles. The molecule has 3 heteroatoms. The van der Waals surface area contributed by atoms with Gasteiger partial charge in [-0.05, 0) is 50.5 Å². The predicted molar refractivity (Wildman–Crippen MR) is 86.3 cm³/mol. The molecule has 0 aromatic heterocycles. The molecule has 1 aromatic carbocycles. The highest BCUT2D eigenvalue weighted by Crippen LogP contribution is 2.25. The lowest BCUT2D eigenvalue weighted by atomic mass is 9.98. The predicted octanol–water partition coefficient (Wildman–Crippen LogP) is 4.00. The summed E-state index contributed by atoms with van der Waals surface area (Å²) in [6.45, 7) is 8.30. The lowest BCUT2D eigenvalue weighted by Crippen LogP contribution is -2.04. The topological polar surface area (TPSA) is 55.1 Å². The van der Waals surface area contributed by atoms with Crippen LogP contribution in [0.1, 0.15) is 44.7 Å². The molecule has 0 aliphatic carbocycles. The zero-order chi connectivity index (χ0) is 15.1. The number of allylic oxidation sites excluding steroid dienone is 3. The monoisotopic (exact) mass is 272 g/mol. The van der Waals surface area contributed by atoms with Gasteiger partial charge in [-0.3, -0.25) is 4.79 Å². The van der Waals surface area contributed by atoms with Gasteiger partial charge < -0.3 is 11.1 Å². The number of nitrogens with one attached hydrogen (secondary N) is 1. The van der Waals surface area contributed by atoms with E-state index in [1.54, 1.807) is 0 Å². The number of carbonyl (C=O) groups excluding carboxylic acids is 1. The molecule has 0 radical (unpaired) electrons. The third-order valence-corrected chi connectivity index (χ3v) is 3.49.